The van der Waals surface area contributed by atoms with E-state index in [1.165, 1.54) is 12.0 Å². The van der Waals surface area contributed by atoms with Crippen molar-refractivity contribution in [1.82, 2.24) is 4.90 Å². The van der Waals surface area contributed by atoms with Crippen LogP contribution in [0, 0.1) is 29.1 Å². The fourth-order valence-corrected chi connectivity index (χ4v) is 7.27. The van der Waals surface area contributed by atoms with Crippen LogP contribution >= 0.6 is 0 Å². The van der Waals surface area contributed by atoms with Gasteiger partial charge in [-0.25, -0.2) is 0 Å². The first-order valence-electron chi connectivity index (χ1n) is 10.6. The van der Waals surface area contributed by atoms with Gasteiger partial charge in [0, 0.05) is 12.5 Å². The lowest BCUT2D eigenvalue weighted by Gasteiger charge is -2.62. The average Bonchev–Trinajstić information content (AvgIpc) is 3.25. The lowest BCUT2D eigenvalue weighted by atomic mass is 9.58. The Kier molecular flexibility index (Phi) is 3.06. The van der Waals surface area contributed by atoms with Gasteiger partial charge < -0.3 is 9.64 Å². The van der Waals surface area contributed by atoms with E-state index in [0.29, 0.717) is 23.2 Å². The normalized spacial score (nSPS) is 48.6. The van der Waals surface area contributed by atoms with E-state index in [-0.39, 0.29) is 23.7 Å². The minimum absolute atomic E-state index is 0.159. The summed E-state index contributed by atoms with van der Waals surface area (Å²) in [5.74, 6) is 3.15. The molecular weight excluding hydrogens is 334 g/mol. The number of carbonyl (C=O) groups excluding carboxylic acids is 1. The minimum atomic E-state index is -0.222. The first-order valence-corrected chi connectivity index (χ1v) is 10.6. The first kappa shape index (κ1) is 16.4. The van der Waals surface area contributed by atoms with Gasteiger partial charge in [-0.05, 0) is 54.4 Å². The SMILES string of the molecule is CC1(C)[C@@H]2CC3[C@@H]4[C@H]5[C@@H](O[C@]3(C)C[C@@H]21)C(=O)N5CC=C[C@H]4c1ccccc1. The summed E-state index contributed by atoms with van der Waals surface area (Å²) < 4.78 is 6.64. The fourth-order valence-electron chi connectivity index (χ4n) is 7.27. The lowest BCUT2D eigenvalue weighted by molar-refractivity contribution is -0.254. The number of fused-ring (bicyclic) bond motifs is 3. The Morgan fingerprint density at radius 3 is 2.63 bits per heavy atom. The Morgan fingerprint density at radius 1 is 1.07 bits per heavy atom. The zero-order valence-corrected chi connectivity index (χ0v) is 16.5. The summed E-state index contributed by atoms with van der Waals surface area (Å²) in [6.07, 6.45) is 6.75. The van der Waals surface area contributed by atoms with Gasteiger partial charge in [0.2, 0.25) is 0 Å². The van der Waals surface area contributed by atoms with E-state index in [9.17, 15) is 4.79 Å². The van der Waals surface area contributed by atoms with Crippen LogP contribution in [0.3, 0.4) is 0 Å². The van der Waals surface area contributed by atoms with Crippen LogP contribution in [0.25, 0.3) is 0 Å². The van der Waals surface area contributed by atoms with Crippen LogP contribution in [-0.2, 0) is 9.53 Å². The van der Waals surface area contributed by atoms with E-state index < -0.39 is 0 Å². The lowest BCUT2D eigenvalue weighted by Crippen LogP contribution is -2.75. The first-order chi connectivity index (χ1) is 12.9. The van der Waals surface area contributed by atoms with Crippen molar-refractivity contribution in [2.45, 2.75) is 57.3 Å². The second-order valence-corrected chi connectivity index (χ2v) is 10.4. The van der Waals surface area contributed by atoms with Crippen molar-refractivity contribution in [3.8, 4) is 0 Å². The molecule has 1 aromatic rings. The van der Waals surface area contributed by atoms with Gasteiger partial charge in [-0.2, -0.15) is 0 Å². The highest BCUT2D eigenvalue weighted by Crippen LogP contribution is 2.71. The van der Waals surface area contributed by atoms with Gasteiger partial charge in [-0.15, -0.1) is 0 Å². The van der Waals surface area contributed by atoms with Gasteiger partial charge in [0.05, 0.1) is 11.6 Å². The Hall–Kier alpha value is -1.61. The molecule has 4 fully saturated rings. The summed E-state index contributed by atoms with van der Waals surface area (Å²) in [5.41, 5.74) is 1.67. The third-order valence-corrected chi connectivity index (χ3v) is 8.90. The maximum Gasteiger partial charge on any atom is 0.254 e. The van der Waals surface area contributed by atoms with Crippen LogP contribution in [0.15, 0.2) is 42.5 Å². The van der Waals surface area contributed by atoms with Crippen molar-refractivity contribution in [1.29, 1.82) is 0 Å². The topological polar surface area (TPSA) is 29.5 Å². The minimum Gasteiger partial charge on any atom is -0.360 e. The Morgan fingerprint density at radius 2 is 1.85 bits per heavy atom. The molecule has 0 bridgehead atoms. The molecule has 3 heterocycles. The van der Waals surface area contributed by atoms with Crippen molar-refractivity contribution in [3.63, 3.8) is 0 Å². The number of hydrogen-bond donors (Lipinski definition) is 0. The van der Waals surface area contributed by atoms with Crippen molar-refractivity contribution in [2.24, 2.45) is 29.1 Å². The summed E-state index contributed by atoms with van der Waals surface area (Å²) in [4.78, 5) is 14.9. The molecule has 1 amide bonds. The number of ether oxygens (including phenoxy) is 1. The molecule has 0 spiro atoms. The highest BCUT2D eigenvalue weighted by molar-refractivity contribution is 5.89. The van der Waals surface area contributed by atoms with Crippen LogP contribution in [0.2, 0.25) is 0 Å². The smallest absolute Gasteiger partial charge is 0.254 e. The molecule has 2 aliphatic carbocycles. The molecule has 3 heteroatoms. The third kappa shape index (κ3) is 1.99. The number of nitrogens with zero attached hydrogens (tertiary/aromatic N) is 1. The molecular formula is C24H29NO2. The van der Waals surface area contributed by atoms with E-state index in [1.807, 2.05) is 0 Å². The van der Waals surface area contributed by atoms with Gasteiger partial charge in [0.1, 0.15) is 0 Å². The molecule has 6 rings (SSSR count). The summed E-state index contributed by atoms with van der Waals surface area (Å²) >= 11 is 0. The van der Waals surface area contributed by atoms with Crippen molar-refractivity contribution >= 4 is 5.91 Å². The van der Waals surface area contributed by atoms with Gasteiger partial charge in [-0.1, -0.05) is 56.3 Å². The number of rotatable bonds is 1. The van der Waals surface area contributed by atoms with Crippen LogP contribution in [0.5, 0.6) is 0 Å². The third-order valence-electron chi connectivity index (χ3n) is 8.90. The molecule has 8 atom stereocenters. The van der Waals surface area contributed by atoms with Crippen LogP contribution < -0.4 is 0 Å². The zero-order valence-electron chi connectivity index (χ0n) is 16.5. The van der Waals surface area contributed by atoms with Gasteiger partial charge >= 0.3 is 0 Å². The number of hydrogen-bond acceptors (Lipinski definition) is 2. The van der Waals surface area contributed by atoms with E-state index in [4.69, 9.17) is 4.74 Å². The molecule has 1 aromatic carbocycles. The molecule has 3 nitrogen and oxygen atoms in total. The van der Waals surface area contributed by atoms with Crippen molar-refractivity contribution < 1.29 is 9.53 Å². The summed E-state index contributed by atoms with van der Waals surface area (Å²) in [6, 6.07) is 11.2. The van der Waals surface area contributed by atoms with E-state index in [2.05, 4.69) is 68.2 Å². The number of amides is 1. The molecule has 27 heavy (non-hydrogen) atoms. The second kappa shape index (κ2) is 5.05. The highest BCUT2D eigenvalue weighted by Gasteiger charge is 2.71. The monoisotopic (exact) mass is 363 g/mol. The predicted octanol–water partition coefficient (Wildman–Crippen LogP) is 4.01. The molecule has 1 unspecified atom stereocenters. The zero-order chi connectivity index (χ0) is 18.6. The Bertz CT molecular complexity index is 830. The number of allylic oxidation sites excluding steroid dienone is 1. The molecule has 0 aromatic heterocycles. The summed E-state index contributed by atoms with van der Waals surface area (Å²) in [6.45, 7) is 7.91. The van der Waals surface area contributed by atoms with Crippen molar-refractivity contribution in [3.05, 3.63) is 48.0 Å². The van der Waals surface area contributed by atoms with Crippen molar-refractivity contribution in [2.75, 3.05) is 6.54 Å². The molecule has 5 aliphatic rings. The Labute approximate surface area is 161 Å². The fraction of sp³-hybridized carbons (Fsp3) is 0.625. The number of benzene rings is 1. The molecule has 0 N–H and O–H groups in total. The van der Waals surface area contributed by atoms with E-state index in [1.54, 1.807) is 0 Å². The van der Waals surface area contributed by atoms with Crippen LogP contribution in [0.1, 0.15) is 45.1 Å². The molecule has 142 valence electrons. The molecule has 0 radical (unpaired) electrons. The van der Waals surface area contributed by atoms with Gasteiger partial charge in [0.25, 0.3) is 5.91 Å². The second-order valence-electron chi connectivity index (χ2n) is 10.4. The maximum absolute atomic E-state index is 12.8. The van der Waals surface area contributed by atoms with Gasteiger partial charge in [-0.3, -0.25) is 4.79 Å². The molecule has 3 aliphatic heterocycles. The highest BCUT2D eigenvalue weighted by atomic mass is 16.5. The van der Waals surface area contributed by atoms with Crippen LogP contribution in [-0.4, -0.2) is 35.1 Å². The standard InChI is InChI=1S/C24H29NO2/c1-23(2)16-12-17-19-15(14-8-5-4-6-9-14)10-7-11-25-20(19)21(22(25)26)27-24(17,3)13-18(16)23/h4-10,15-21H,11-13H2,1-3H3/t15-,16+,17?,18-,19+,20-,21+,24+/m0/s1. The number of carbonyl (C=O) groups is 1. The number of β-lactam (4-membered cyclic amide) rings is 1. The van der Waals surface area contributed by atoms with E-state index >= 15 is 0 Å². The van der Waals surface area contributed by atoms with Gasteiger partial charge in [0.15, 0.2) is 6.10 Å². The largest absolute Gasteiger partial charge is 0.360 e. The molecule has 2 saturated carbocycles. The summed E-state index contributed by atoms with van der Waals surface area (Å²) in [5, 5.41) is 0. The molecule has 2 saturated heterocycles. The summed E-state index contributed by atoms with van der Waals surface area (Å²) in [7, 11) is 0. The maximum atomic E-state index is 12.8. The quantitative estimate of drug-likeness (QED) is 0.557. The van der Waals surface area contributed by atoms with Crippen LogP contribution in [0.4, 0.5) is 0 Å². The Balaban J connectivity index is 1.46. The predicted molar refractivity (Wildman–Crippen MR) is 104 cm³/mol. The van der Waals surface area contributed by atoms with E-state index in [0.717, 1.165) is 24.8 Å². The average molecular weight is 364 g/mol.